The number of benzene rings is 1. The van der Waals surface area contributed by atoms with Gasteiger partial charge >= 0.3 is 12.1 Å². The van der Waals surface area contributed by atoms with E-state index in [1.807, 2.05) is 49.4 Å². The van der Waals surface area contributed by atoms with Gasteiger partial charge in [-0.25, -0.2) is 14.6 Å². The van der Waals surface area contributed by atoms with E-state index >= 15 is 0 Å². The number of hydrogen-bond acceptors (Lipinski definition) is 7. The fourth-order valence-corrected chi connectivity index (χ4v) is 7.80. The van der Waals surface area contributed by atoms with Gasteiger partial charge < -0.3 is 30.3 Å². The highest BCUT2D eigenvalue weighted by Crippen LogP contribution is 2.46. The Balaban J connectivity index is 1.14. The van der Waals surface area contributed by atoms with Crippen LogP contribution >= 0.6 is 0 Å². The van der Waals surface area contributed by atoms with E-state index in [1.165, 1.54) is 4.90 Å². The molecule has 2 aliphatic carbocycles. The molecule has 0 bridgehead atoms. The summed E-state index contributed by atoms with van der Waals surface area (Å²) in [5.41, 5.74) is 1.53. The first-order valence-corrected chi connectivity index (χ1v) is 17.9. The van der Waals surface area contributed by atoms with Crippen molar-refractivity contribution in [3.63, 3.8) is 0 Å². The molecule has 264 valence electrons. The van der Waals surface area contributed by atoms with Crippen molar-refractivity contribution in [2.24, 2.45) is 23.7 Å². The third-order valence-electron chi connectivity index (χ3n) is 11.0. The summed E-state index contributed by atoms with van der Waals surface area (Å²) >= 11 is 0. The number of carboxylic acid groups (broad SMARTS) is 1. The molecule has 6 atom stereocenters. The maximum absolute atomic E-state index is 14.3. The number of carbonyl (C=O) groups is 5. The number of nitrogens with one attached hydrogen (secondary N) is 2. The molecule has 3 N–H and O–H groups in total. The van der Waals surface area contributed by atoms with E-state index in [1.54, 1.807) is 17.0 Å². The molecule has 12 heteroatoms. The average Bonchev–Trinajstić information content (AvgIpc) is 3.99. The predicted octanol–water partition coefficient (Wildman–Crippen LogP) is 3.94. The van der Waals surface area contributed by atoms with Crippen LogP contribution < -0.4 is 10.6 Å². The van der Waals surface area contributed by atoms with Crippen LogP contribution in [0.15, 0.2) is 54.6 Å². The van der Waals surface area contributed by atoms with Gasteiger partial charge in [0.25, 0.3) is 5.91 Å². The number of rotatable bonds is 6. The Morgan fingerprint density at radius 3 is 2.58 bits per heavy atom. The summed E-state index contributed by atoms with van der Waals surface area (Å²) in [6.45, 7) is 3.02. The zero-order valence-corrected chi connectivity index (χ0v) is 28.4. The second kappa shape index (κ2) is 13.9. The Morgan fingerprint density at radius 2 is 1.82 bits per heavy atom. The van der Waals surface area contributed by atoms with E-state index in [2.05, 4.69) is 15.6 Å². The standard InChI is InChI=1S/C38H45N5O7/c1-23-12-16-25(17-13-23)29-10-7-11-30(39-29)34(45)42-19-26-20-43-32(28(26)21-42)33(44)41-38(36(47)48)18-27(38)8-5-3-2-4-6-9-31(35(43)46)40-37(49)50-22-24-14-15-24/h5,7-8,10-13,16-17,24,26-28,31-32H,2-4,6,9,14-15,18-22H2,1H3,(H,40,49)(H,41,44)(H,47,48)/b8-5-/t26-,27-,28-,31+,32-,38+/m0/s1. The van der Waals surface area contributed by atoms with Gasteiger partial charge in [0, 0.05) is 43.0 Å². The molecular weight excluding hydrogens is 638 g/mol. The van der Waals surface area contributed by atoms with Crippen molar-refractivity contribution >= 4 is 29.8 Å². The Hall–Kier alpha value is -4.74. The van der Waals surface area contributed by atoms with E-state index in [0.29, 0.717) is 37.6 Å². The Kier molecular flexibility index (Phi) is 9.36. The van der Waals surface area contributed by atoms with Crippen molar-refractivity contribution in [2.45, 2.75) is 75.9 Å². The first kappa shape index (κ1) is 33.7. The first-order valence-electron chi connectivity index (χ1n) is 17.9. The van der Waals surface area contributed by atoms with Gasteiger partial charge in [-0.1, -0.05) is 60.9 Å². The lowest BCUT2D eigenvalue weighted by atomic mass is 9.93. The molecule has 4 amide bonds. The highest BCUT2D eigenvalue weighted by molar-refractivity contribution is 5.97. The maximum Gasteiger partial charge on any atom is 0.407 e. The van der Waals surface area contributed by atoms with Gasteiger partial charge in [0.15, 0.2) is 0 Å². The van der Waals surface area contributed by atoms with Crippen molar-refractivity contribution in [3.05, 3.63) is 65.9 Å². The SMILES string of the molecule is Cc1ccc(-c2cccc(C(=O)N3C[C@H]4CN5C(=O)[C@H](NC(=O)OCC6CC6)CCCCC/C=C\[C@H]6C[C@@]6(C(=O)O)NC(=O)[C@@H]5[C@H]4C3)n2)cc1. The van der Waals surface area contributed by atoms with Gasteiger partial charge in [-0.05, 0) is 63.5 Å². The normalized spacial score (nSPS) is 30.1. The smallest absolute Gasteiger partial charge is 0.407 e. The lowest BCUT2D eigenvalue weighted by molar-refractivity contribution is -0.146. The number of aryl methyl sites for hydroxylation is 1. The molecule has 2 aromatic rings. The quantitative estimate of drug-likeness (QED) is 0.387. The molecule has 5 aliphatic rings. The summed E-state index contributed by atoms with van der Waals surface area (Å²) in [4.78, 5) is 75.6. The molecule has 2 saturated heterocycles. The molecule has 4 fully saturated rings. The zero-order chi connectivity index (χ0) is 35.0. The molecule has 4 heterocycles. The van der Waals surface area contributed by atoms with Crippen LogP contribution in [0.3, 0.4) is 0 Å². The van der Waals surface area contributed by atoms with Crippen molar-refractivity contribution < 1.29 is 33.8 Å². The number of amides is 4. The first-order chi connectivity index (χ1) is 24.1. The number of nitrogens with zero attached hydrogens (tertiary/aromatic N) is 3. The predicted molar refractivity (Wildman–Crippen MR) is 183 cm³/mol. The molecule has 7 rings (SSSR count). The number of likely N-dealkylation sites (tertiary alicyclic amines) is 1. The van der Waals surface area contributed by atoms with E-state index in [-0.39, 0.29) is 42.9 Å². The molecule has 0 radical (unpaired) electrons. The highest BCUT2D eigenvalue weighted by Gasteiger charge is 2.62. The molecular formula is C38H45N5O7. The lowest BCUT2D eigenvalue weighted by Gasteiger charge is -2.32. The number of ether oxygens (including phenoxy) is 1. The molecule has 3 aliphatic heterocycles. The molecule has 50 heavy (non-hydrogen) atoms. The van der Waals surface area contributed by atoms with Crippen LogP contribution in [0.2, 0.25) is 0 Å². The summed E-state index contributed by atoms with van der Waals surface area (Å²) in [7, 11) is 0. The fourth-order valence-electron chi connectivity index (χ4n) is 7.80. The molecule has 1 aromatic carbocycles. The van der Waals surface area contributed by atoms with Crippen LogP contribution in [-0.4, -0.2) is 93.5 Å². The van der Waals surface area contributed by atoms with E-state index in [0.717, 1.165) is 43.2 Å². The number of hydrogen-bond donors (Lipinski definition) is 3. The summed E-state index contributed by atoms with van der Waals surface area (Å²) < 4.78 is 5.41. The van der Waals surface area contributed by atoms with Gasteiger partial charge in [-0.15, -0.1) is 0 Å². The van der Waals surface area contributed by atoms with Gasteiger partial charge in [0.05, 0.1) is 12.3 Å². The van der Waals surface area contributed by atoms with Gasteiger partial charge in [-0.2, -0.15) is 0 Å². The van der Waals surface area contributed by atoms with Crippen molar-refractivity contribution in [1.82, 2.24) is 25.4 Å². The number of carbonyl (C=O) groups excluding carboxylic acids is 4. The second-order valence-electron chi connectivity index (χ2n) is 14.7. The molecule has 1 aromatic heterocycles. The van der Waals surface area contributed by atoms with Crippen molar-refractivity contribution in [3.8, 4) is 11.3 Å². The minimum Gasteiger partial charge on any atom is -0.479 e. The average molecular weight is 684 g/mol. The van der Waals surface area contributed by atoms with Crippen LogP contribution in [0.25, 0.3) is 11.3 Å². The van der Waals surface area contributed by atoms with Gasteiger partial charge in [0.2, 0.25) is 11.8 Å². The molecule has 0 spiro atoms. The van der Waals surface area contributed by atoms with Crippen LogP contribution in [0.4, 0.5) is 4.79 Å². The second-order valence-corrected chi connectivity index (χ2v) is 14.7. The zero-order valence-electron chi connectivity index (χ0n) is 28.4. The van der Waals surface area contributed by atoms with Crippen molar-refractivity contribution in [1.29, 1.82) is 0 Å². The minimum absolute atomic E-state index is 0.195. The summed E-state index contributed by atoms with van der Waals surface area (Å²) in [6, 6.07) is 11.3. The number of fused-ring (bicyclic) bond motifs is 4. The molecule has 2 saturated carbocycles. The minimum atomic E-state index is -1.45. The largest absolute Gasteiger partial charge is 0.479 e. The summed E-state index contributed by atoms with van der Waals surface area (Å²) in [6.07, 6.45) is 8.99. The van der Waals surface area contributed by atoms with E-state index in [9.17, 15) is 29.1 Å². The fraction of sp³-hybridized carbons (Fsp3) is 0.526. The van der Waals surface area contributed by atoms with Crippen molar-refractivity contribution in [2.75, 3.05) is 26.2 Å². The Labute approximate surface area is 291 Å². The number of carboxylic acids is 1. The Morgan fingerprint density at radius 1 is 1.02 bits per heavy atom. The number of aromatic nitrogens is 1. The number of alkyl carbamates (subject to hydrolysis) is 1. The number of aliphatic carboxylic acids is 1. The molecule has 0 unspecified atom stereocenters. The maximum atomic E-state index is 14.3. The number of allylic oxidation sites excluding steroid dienone is 1. The monoisotopic (exact) mass is 683 g/mol. The Bertz CT molecular complexity index is 1690. The van der Waals surface area contributed by atoms with E-state index in [4.69, 9.17) is 4.74 Å². The summed E-state index contributed by atoms with van der Waals surface area (Å²) in [5, 5.41) is 15.8. The number of pyridine rings is 1. The van der Waals surface area contributed by atoms with Crippen LogP contribution in [0, 0.1) is 30.6 Å². The third kappa shape index (κ3) is 6.97. The van der Waals surface area contributed by atoms with Crippen LogP contribution in [0.1, 0.15) is 67.4 Å². The summed E-state index contributed by atoms with van der Waals surface area (Å²) in [5.74, 6) is -2.97. The molecule has 12 nitrogen and oxygen atoms in total. The topological polar surface area (TPSA) is 158 Å². The van der Waals surface area contributed by atoms with Gasteiger partial charge in [0.1, 0.15) is 23.3 Å². The third-order valence-corrected chi connectivity index (χ3v) is 11.0. The van der Waals surface area contributed by atoms with Crippen LogP contribution in [-0.2, 0) is 19.1 Å². The van der Waals surface area contributed by atoms with Crippen LogP contribution in [0.5, 0.6) is 0 Å². The highest BCUT2D eigenvalue weighted by atomic mass is 16.5. The van der Waals surface area contributed by atoms with Gasteiger partial charge in [-0.3, -0.25) is 14.4 Å². The van der Waals surface area contributed by atoms with E-state index < -0.39 is 47.4 Å². The lowest BCUT2D eigenvalue weighted by Crippen LogP contribution is -2.58.